The Kier molecular flexibility index (Phi) is 6.53. The molecule has 0 bridgehead atoms. The van der Waals surface area contributed by atoms with Crippen LogP contribution in [0.5, 0.6) is 5.75 Å². The fourth-order valence-corrected chi connectivity index (χ4v) is 1.72. The van der Waals surface area contributed by atoms with Crippen LogP contribution < -0.4 is 15.4 Å². The maximum absolute atomic E-state index is 11.4. The molecule has 100 valence electrons. The van der Waals surface area contributed by atoms with E-state index in [2.05, 4.69) is 26.6 Å². The number of amides is 1. The summed E-state index contributed by atoms with van der Waals surface area (Å²) in [5.41, 5.74) is 0.831. The number of rotatable bonds is 7. The molecule has 0 radical (unpaired) electrons. The molecular weight excluding hydrogens is 300 g/mol. The zero-order valence-corrected chi connectivity index (χ0v) is 12.0. The summed E-state index contributed by atoms with van der Waals surface area (Å²) in [6.45, 7) is 1.24. The summed E-state index contributed by atoms with van der Waals surface area (Å²) in [5.74, 6) is 0.647. The highest BCUT2D eigenvalue weighted by atomic mass is 79.9. The maximum Gasteiger partial charge on any atom is 0.239 e. The van der Waals surface area contributed by atoms with Crippen molar-refractivity contribution in [2.24, 2.45) is 0 Å². The van der Waals surface area contributed by atoms with E-state index in [-0.39, 0.29) is 12.5 Å². The first-order valence-electron chi connectivity index (χ1n) is 5.50. The Bertz CT molecular complexity index is 399. The minimum atomic E-state index is -0.0751. The Balaban J connectivity index is 2.41. The first-order chi connectivity index (χ1) is 8.67. The smallest absolute Gasteiger partial charge is 0.239 e. The van der Waals surface area contributed by atoms with E-state index in [9.17, 15) is 4.79 Å². The van der Waals surface area contributed by atoms with Gasteiger partial charge in [-0.25, -0.2) is 0 Å². The Labute approximate surface area is 115 Å². The second kappa shape index (κ2) is 7.94. The fourth-order valence-electron chi connectivity index (χ4n) is 1.31. The molecular formula is C12H17BrN2O3. The van der Waals surface area contributed by atoms with Crippen LogP contribution in [0.4, 0.5) is 5.69 Å². The fraction of sp³-hybridized carbons (Fsp3) is 0.417. The quantitative estimate of drug-likeness (QED) is 0.751. The summed E-state index contributed by atoms with van der Waals surface area (Å²) in [7, 11) is 3.19. The minimum Gasteiger partial charge on any atom is -0.495 e. The van der Waals surface area contributed by atoms with Gasteiger partial charge in [0.15, 0.2) is 0 Å². The number of methoxy groups -OCH3 is 2. The van der Waals surface area contributed by atoms with Gasteiger partial charge in [0.25, 0.3) is 0 Å². The van der Waals surface area contributed by atoms with Crippen molar-refractivity contribution in [3.8, 4) is 5.75 Å². The van der Waals surface area contributed by atoms with Crippen LogP contribution in [0.25, 0.3) is 0 Å². The van der Waals surface area contributed by atoms with Gasteiger partial charge in [-0.3, -0.25) is 4.79 Å². The Morgan fingerprint density at radius 1 is 1.39 bits per heavy atom. The minimum absolute atomic E-state index is 0.0751. The Morgan fingerprint density at radius 3 is 2.83 bits per heavy atom. The lowest BCUT2D eigenvalue weighted by Crippen LogP contribution is -2.32. The summed E-state index contributed by atoms with van der Waals surface area (Å²) < 4.78 is 10.9. The topological polar surface area (TPSA) is 59.6 Å². The zero-order chi connectivity index (χ0) is 13.4. The molecule has 0 aromatic heterocycles. The van der Waals surface area contributed by atoms with E-state index in [1.165, 1.54) is 0 Å². The molecule has 5 nitrogen and oxygen atoms in total. The number of carbonyl (C=O) groups is 1. The third kappa shape index (κ3) is 4.93. The van der Waals surface area contributed by atoms with Crippen LogP contribution in [0, 0.1) is 0 Å². The van der Waals surface area contributed by atoms with Gasteiger partial charge in [0, 0.05) is 25.4 Å². The predicted octanol–water partition coefficient (Wildman–Crippen LogP) is 1.63. The Hall–Kier alpha value is -1.27. The van der Waals surface area contributed by atoms with Gasteiger partial charge in [-0.15, -0.1) is 0 Å². The zero-order valence-electron chi connectivity index (χ0n) is 10.5. The first-order valence-corrected chi connectivity index (χ1v) is 6.29. The van der Waals surface area contributed by atoms with Crippen molar-refractivity contribution >= 4 is 27.5 Å². The normalized spacial score (nSPS) is 9.94. The number of nitrogens with one attached hydrogen (secondary N) is 2. The van der Waals surface area contributed by atoms with Gasteiger partial charge in [-0.2, -0.15) is 0 Å². The largest absolute Gasteiger partial charge is 0.495 e. The van der Waals surface area contributed by atoms with E-state index in [0.717, 1.165) is 15.9 Å². The van der Waals surface area contributed by atoms with Crippen LogP contribution in [0.15, 0.2) is 22.7 Å². The molecule has 0 spiro atoms. The molecule has 2 N–H and O–H groups in total. The molecule has 18 heavy (non-hydrogen) atoms. The van der Waals surface area contributed by atoms with E-state index in [4.69, 9.17) is 9.47 Å². The van der Waals surface area contributed by atoms with Crippen LogP contribution in [-0.2, 0) is 9.53 Å². The summed E-state index contributed by atoms with van der Waals surface area (Å²) in [5, 5.41) is 5.75. The molecule has 1 amide bonds. The number of anilines is 1. The van der Waals surface area contributed by atoms with Crippen molar-refractivity contribution < 1.29 is 14.3 Å². The first kappa shape index (κ1) is 14.8. The average Bonchev–Trinajstić information content (AvgIpc) is 2.38. The van der Waals surface area contributed by atoms with Crippen LogP contribution in [0.1, 0.15) is 0 Å². The van der Waals surface area contributed by atoms with Crippen molar-refractivity contribution in [3.05, 3.63) is 22.7 Å². The van der Waals surface area contributed by atoms with Gasteiger partial charge in [-0.1, -0.05) is 0 Å². The molecule has 0 unspecified atom stereocenters. The highest BCUT2D eigenvalue weighted by Gasteiger charge is 2.03. The second-order valence-corrected chi connectivity index (χ2v) is 4.40. The third-order valence-corrected chi connectivity index (χ3v) is 2.89. The average molecular weight is 317 g/mol. The summed E-state index contributed by atoms with van der Waals surface area (Å²) in [6.07, 6.45) is 0. The van der Waals surface area contributed by atoms with Crippen molar-refractivity contribution in [1.29, 1.82) is 0 Å². The number of hydrogen-bond donors (Lipinski definition) is 2. The number of halogens is 1. The van der Waals surface area contributed by atoms with Crippen molar-refractivity contribution in [3.63, 3.8) is 0 Å². The van der Waals surface area contributed by atoms with E-state index in [1.807, 2.05) is 18.2 Å². The summed E-state index contributed by atoms with van der Waals surface area (Å²) >= 11 is 3.37. The van der Waals surface area contributed by atoms with E-state index in [0.29, 0.717) is 13.2 Å². The molecule has 0 saturated heterocycles. The van der Waals surface area contributed by atoms with E-state index >= 15 is 0 Å². The van der Waals surface area contributed by atoms with Crippen LogP contribution in [-0.4, -0.2) is 39.8 Å². The van der Waals surface area contributed by atoms with Gasteiger partial charge in [0.05, 0.1) is 24.7 Å². The molecule has 0 aliphatic rings. The maximum atomic E-state index is 11.4. The second-order valence-electron chi connectivity index (χ2n) is 3.55. The molecule has 0 aliphatic carbocycles. The standard InChI is InChI=1S/C12H17BrN2O3/c1-17-6-5-14-12(16)8-15-9-3-4-10(13)11(7-9)18-2/h3-4,7,15H,5-6,8H2,1-2H3,(H,14,16). The van der Waals surface area contributed by atoms with Gasteiger partial charge < -0.3 is 20.1 Å². The van der Waals surface area contributed by atoms with Gasteiger partial charge >= 0.3 is 0 Å². The third-order valence-electron chi connectivity index (χ3n) is 2.23. The van der Waals surface area contributed by atoms with Crippen LogP contribution in [0.3, 0.4) is 0 Å². The molecule has 0 atom stereocenters. The number of hydrogen-bond acceptors (Lipinski definition) is 4. The van der Waals surface area contributed by atoms with Crippen molar-refractivity contribution in [1.82, 2.24) is 5.32 Å². The highest BCUT2D eigenvalue weighted by molar-refractivity contribution is 9.10. The lowest BCUT2D eigenvalue weighted by Gasteiger charge is -2.09. The lowest BCUT2D eigenvalue weighted by atomic mass is 10.3. The molecule has 0 aliphatic heterocycles. The van der Waals surface area contributed by atoms with Crippen LogP contribution in [0.2, 0.25) is 0 Å². The molecule has 0 fully saturated rings. The predicted molar refractivity (Wildman–Crippen MR) is 74.1 cm³/mol. The molecule has 0 saturated carbocycles. The van der Waals surface area contributed by atoms with Gasteiger partial charge in [0.1, 0.15) is 5.75 Å². The monoisotopic (exact) mass is 316 g/mol. The molecule has 6 heteroatoms. The van der Waals surface area contributed by atoms with Gasteiger partial charge in [0.2, 0.25) is 5.91 Å². The SMILES string of the molecule is COCCNC(=O)CNc1ccc(Br)c(OC)c1. The van der Waals surface area contributed by atoms with E-state index in [1.54, 1.807) is 14.2 Å². The highest BCUT2D eigenvalue weighted by Crippen LogP contribution is 2.27. The lowest BCUT2D eigenvalue weighted by molar-refractivity contribution is -0.119. The summed E-state index contributed by atoms with van der Waals surface area (Å²) in [4.78, 5) is 11.4. The van der Waals surface area contributed by atoms with Crippen molar-refractivity contribution in [2.75, 3.05) is 39.2 Å². The number of carbonyl (C=O) groups excluding carboxylic acids is 1. The molecule has 1 rings (SSSR count). The Morgan fingerprint density at radius 2 is 2.17 bits per heavy atom. The number of ether oxygens (including phenoxy) is 2. The molecule has 1 aromatic carbocycles. The number of benzene rings is 1. The molecule has 1 aromatic rings. The van der Waals surface area contributed by atoms with Crippen LogP contribution >= 0.6 is 15.9 Å². The summed E-state index contributed by atoms with van der Waals surface area (Å²) in [6, 6.07) is 5.56. The van der Waals surface area contributed by atoms with Crippen molar-refractivity contribution in [2.45, 2.75) is 0 Å². The van der Waals surface area contributed by atoms with E-state index < -0.39 is 0 Å². The molecule has 0 heterocycles. The van der Waals surface area contributed by atoms with Gasteiger partial charge in [-0.05, 0) is 28.1 Å².